The van der Waals surface area contributed by atoms with Gasteiger partial charge in [0.2, 0.25) is 5.96 Å². The number of halogens is 3. The summed E-state index contributed by atoms with van der Waals surface area (Å²) in [5, 5.41) is 7.05. The second kappa shape index (κ2) is 7.37. The van der Waals surface area contributed by atoms with Gasteiger partial charge in [-0.2, -0.15) is 0 Å². The molecule has 0 fully saturated rings. The molecule has 0 spiro atoms. The number of hydrazine groups is 2. The first kappa shape index (κ1) is 19.1. The summed E-state index contributed by atoms with van der Waals surface area (Å²) in [5.74, 6) is -0.991. The minimum absolute atomic E-state index is 0.111. The molecule has 13 heteroatoms. The fraction of sp³-hybridized carbons (Fsp3) is 0.333. The Labute approximate surface area is 146 Å². The molecule has 0 aromatic heterocycles. The molecule has 138 valence electrons. The van der Waals surface area contributed by atoms with Crippen LogP contribution in [0, 0.1) is 0 Å². The topological polar surface area (TPSA) is 112 Å². The van der Waals surface area contributed by atoms with Crippen LogP contribution >= 0.6 is 11.6 Å². The Balaban J connectivity index is 2.38. The van der Waals surface area contributed by atoms with Crippen molar-refractivity contribution in [3.8, 4) is 5.75 Å². The molecule has 1 aromatic rings. The molecule has 0 bridgehead atoms. The number of carbonyl (C=O) groups is 1. The van der Waals surface area contributed by atoms with E-state index in [-0.39, 0.29) is 17.3 Å². The summed E-state index contributed by atoms with van der Waals surface area (Å²) in [4.78, 5) is 11.8. The Morgan fingerprint density at radius 2 is 2.16 bits per heavy atom. The number of hydrogen-bond acceptors (Lipinski definition) is 8. The number of rotatable bonds is 5. The number of benzene rings is 1. The Bertz CT molecular complexity index is 818. The predicted molar refractivity (Wildman–Crippen MR) is 85.0 cm³/mol. The van der Waals surface area contributed by atoms with Gasteiger partial charge in [-0.15, -0.1) is 10.6 Å². The maximum Gasteiger partial charge on any atom is 0.272 e. The number of hydrazone groups is 1. The molecule has 25 heavy (non-hydrogen) atoms. The average Bonchev–Trinajstić information content (AvgIpc) is 2.88. The highest BCUT2D eigenvalue weighted by Crippen LogP contribution is 2.34. The summed E-state index contributed by atoms with van der Waals surface area (Å²) in [6.07, 6.45) is -1.97. The van der Waals surface area contributed by atoms with Crippen molar-refractivity contribution in [2.45, 2.75) is 11.3 Å². The van der Waals surface area contributed by atoms with Gasteiger partial charge in [-0.3, -0.25) is 15.1 Å². The van der Waals surface area contributed by atoms with E-state index >= 15 is 0 Å². The number of hydrogen-bond donors (Lipinski definition) is 3. The van der Waals surface area contributed by atoms with Gasteiger partial charge in [0.15, 0.2) is 9.84 Å². The van der Waals surface area contributed by atoms with Crippen molar-refractivity contribution in [2.75, 3.05) is 19.9 Å². The van der Waals surface area contributed by atoms with Crippen LogP contribution in [-0.4, -0.2) is 51.6 Å². The van der Waals surface area contributed by atoms with Gasteiger partial charge in [-0.1, -0.05) is 11.6 Å². The van der Waals surface area contributed by atoms with E-state index in [1.807, 2.05) is 0 Å². The smallest absolute Gasteiger partial charge is 0.272 e. The molecule has 1 aliphatic heterocycles. The molecule has 1 aliphatic rings. The molecule has 0 atom stereocenters. The lowest BCUT2D eigenvalue weighted by Crippen LogP contribution is -2.45. The number of ether oxygens (including phenoxy) is 1. The molecular weight excluding hydrogens is 384 g/mol. The van der Waals surface area contributed by atoms with Gasteiger partial charge in [-0.05, 0) is 12.1 Å². The zero-order valence-electron chi connectivity index (χ0n) is 13.0. The van der Waals surface area contributed by atoms with Crippen molar-refractivity contribution in [3.63, 3.8) is 0 Å². The van der Waals surface area contributed by atoms with Gasteiger partial charge in [-0.25, -0.2) is 22.7 Å². The van der Waals surface area contributed by atoms with Gasteiger partial charge in [0.1, 0.15) is 17.3 Å². The lowest BCUT2D eigenvalue weighted by atomic mass is 10.2. The van der Waals surface area contributed by atoms with Crippen LogP contribution in [0.15, 0.2) is 22.1 Å². The van der Waals surface area contributed by atoms with Crippen LogP contribution < -0.4 is 21.1 Å². The number of sulfone groups is 1. The maximum absolute atomic E-state index is 12.3. The number of nitrogens with zero attached hydrogens (tertiary/aromatic N) is 2. The third kappa shape index (κ3) is 4.46. The van der Waals surface area contributed by atoms with Crippen LogP contribution in [0.2, 0.25) is 5.02 Å². The van der Waals surface area contributed by atoms with Crippen molar-refractivity contribution in [1.82, 2.24) is 21.4 Å². The highest BCUT2D eigenvalue weighted by atomic mass is 35.5. The summed E-state index contributed by atoms with van der Waals surface area (Å²) >= 11 is 6.04. The predicted octanol–water partition coefficient (Wildman–Crippen LogP) is 0.343. The standard InChI is InChI=1S/C12H14ClF2N5O4S/c1-20-12(17-18-19-20)16-11(21)6-3-4-7(24-5-8(14)15)10(9(6)13)25(2,22)23/h3-4,8,18-19H,5H2,1-2H3,(H,16,17,21). The lowest BCUT2D eigenvalue weighted by molar-refractivity contribution is 0.0803. The molecule has 3 N–H and O–H groups in total. The molecule has 0 saturated heterocycles. The zero-order valence-corrected chi connectivity index (χ0v) is 14.6. The van der Waals surface area contributed by atoms with Gasteiger partial charge in [0.05, 0.1) is 10.6 Å². The summed E-state index contributed by atoms with van der Waals surface area (Å²) < 4.78 is 53.3. The SMILES string of the molecule is CN1NNN=C1NC(=O)c1ccc(OCC(F)F)c(S(C)(=O)=O)c1Cl. The maximum atomic E-state index is 12.3. The molecule has 0 aliphatic carbocycles. The quantitative estimate of drug-likeness (QED) is 0.657. The first-order chi connectivity index (χ1) is 11.6. The van der Waals surface area contributed by atoms with Crippen LogP contribution in [0.1, 0.15) is 10.4 Å². The molecule has 0 radical (unpaired) electrons. The molecule has 9 nitrogen and oxygen atoms in total. The molecule has 2 rings (SSSR count). The van der Waals surface area contributed by atoms with E-state index in [1.54, 1.807) is 7.05 Å². The van der Waals surface area contributed by atoms with E-state index < -0.39 is 38.7 Å². The first-order valence-electron chi connectivity index (χ1n) is 6.68. The molecule has 0 unspecified atom stereocenters. The monoisotopic (exact) mass is 397 g/mol. The van der Waals surface area contributed by atoms with E-state index in [4.69, 9.17) is 16.3 Å². The van der Waals surface area contributed by atoms with Crippen LogP contribution in [0.5, 0.6) is 5.75 Å². The second-order valence-electron chi connectivity index (χ2n) is 4.90. The average molecular weight is 398 g/mol. The third-order valence-corrected chi connectivity index (χ3v) is 4.62. The molecular formula is C12H14ClF2N5O4S. The van der Waals surface area contributed by atoms with Gasteiger partial charge in [0.25, 0.3) is 12.3 Å². The summed E-state index contributed by atoms with van der Waals surface area (Å²) in [6.45, 7) is -1.01. The normalized spacial score (nSPS) is 14.3. The Morgan fingerprint density at radius 3 is 2.68 bits per heavy atom. The van der Waals surface area contributed by atoms with E-state index in [1.165, 1.54) is 11.1 Å². The number of guanidine groups is 1. The van der Waals surface area contributed by atoms with Gasteiger partial charge >= 0.3 is 0 Å². The Hall–Kier alpha value is -2.18. The van der Waals surface area contributed by atoms with E-state index in [9.17, 15) is 22.0 Å². The van der Waals surface area contributed by atoms with E-state index in [0.717, 1.165) is 12.3 Å². The Morgan fingerprint density at radius 1 is 1.48 bits per heavy atom. The van der Waals surface area contributed by atoms with Crippen molar-refractivity contribution in [1.29, 1.82) is 0 Å². The van der Waals surface area contributed by atoms with Crippen LogP contribution in [0.3, 0.4) is 0 Å². The molecule has 0 saturated carbocycles. The lowest BCUT2D eigenvalue weighted by Gasteiger charge is -2.16. The van der Waals surface area contributed by atoms with Crippen molar-refractivity contribution in [2.24, 2.45) is 5.10 Å². The van der Waals surface area contributed by atoms with E-state index in [2.05, 4.69) is 21.5 Å². The van der Waals surface area contributed by atoms with Crippen molar-refractivity contribution < 1.29 is 26.7 Å². The van der Waals surface area contributed by atoms with Crippen LogP contribution in [0.4, 0.5) is 8.78 Å². The third-order valence-electron chi connectivity index (χ3n) is 2.96. The number of carbonyl (C=O) groups excluding carboxylic acids is 1. The van der Waals surface area contributed by atoms with Crippen molar-refractivity contribution in [3.05, 3.63) is 22.7 Å². The van der Waals surface area contributed by atoms with Gasteiger partial charge in [0, 0.05) is 13.3 Å². The minimum atomic E-state index is -3.95. The number of amides is 1. The zero-order chi connectivity index (χ0) is 18.8. The number of alkyl halides is 2. The van der Waals surface area contributed by atoms with Crippen molar-refractivity contribution >= 4 is 33.3 Å². The minimum Gasteiger partial charge on any atom is -0.486 e. The first-order valence-corrected chi connectivity index (χ1v) is 8.95. The second-order valence-corrected chi connectivity index (χ2v) is 7.23. The largest absolute Gasteiger partial charge is 0.486 e. The molecule has 1 amide bonds. The molecule has 1 heterocycles. The van der Waals surface area contributed by atoms with Gasteiger partial charge < -0.3 is 4.74 Å². The van der Waals surface area contributed by atoms with Crippen LogP contribution in [0.25, 0.3) is 0 Å². The number of nitrogens with one attached hydrogen (secondary N) is 3. The highest BCUT2D eigenvalue weighted by Gasteiger charge is 2.26. The summed E-state index contributed by atoms with van der Waals surface area (Å²) in [6, 6.07) is 2.26. The fourth-order valence-electron chi connectivity index (χ4n) is 1.89. The van der Waals surface area contributed by atoms with Crippen LogP contribution in [-0.2, 0) is 9.84 Å². The summed E-state index contributed by atoms with van der Waals surface area (Å²) in [7, 11) is -2.39. The Kier molecular flexibility index (Phi) is 5.65. The molecule has 1 aromatic carbocycles. The fourth-order valence-corrected chi connectivity index (χ4v) is 3.48. The summed E-state index contributed by atoms with van der Waals surface area (Å²) in [5.41, 5.74) is 4.77. The van der Waals surface area contributed by atoms with E-state index in [0.29, 0.717) is 0 Å². The highest BCUT2D eigenvalue weighted by molar-refractivity contribution is 7.91.